The number of aryl methyl sites for hydroxylation is 1. The molecule has 1 aromatic heterocycles. The van der Waals surface area contributed by atoms with Gasteiger partial charge < -0.3 is 10.0 Å². The topological polar surface area (TPSA) is 75.4 Å². The van der Waals surface area contributed by atoms with Gasteiger partial charge in [0.1, 0.15) is 6.04 Å². The summed E-state index contributed by atoms with van der Waals surface area (Å²) in [5.41, 5.74) is 0.817. The van der Waals surface area contributed by atoms with Crippen LogP contribution < -0.4 is 0 Å². The van der Waals surface area contributed by atoms with E-state index in [0.717, 1.165) is 18.4 Å². The summed E-state index contributed by atoms with van der Waals surface area (Å²) in [6.45, 7) is 2.38. The van der Waals surface area contributed by atoms with Crippen LogP contribution in [0, 0.1) is 5.92 Å². The lowest BCUT2D eigenvalue weighted by Gasteiger charge is -2.36. The number of aliphatic carboxylic acids is 1. The van der Waals surface area contributed by atoms with Gasteiger partial charge in [-0.3, -0.25) is 9.48 Å². The smallest absolute Gasteiger partial charge is 0.326 e. The van der Waals surface area contributed by atoms with Gasteiger partial charge in [0, 0.05) is 31.4 Å². The molecule has 0 saturated carbocycles. The van der Waals surface area contributed by atoms with E-state index in [1.165, 1.54) is 11.0 Å². The number of carbonyl (C=O) groups is 2. The number of piperidine rings is 1. The van der Waals surface area contributed by atoms with Crippen LogP contribution in [0.1, 0.15) is 25.3 Å². The zero-order valence-corrected chi connectivity index (χ0v) is 11.7. The number of carboxylic acid groups (broad SMARTS) is 1. The van der Waals surface area contributed by atoms with Gasteiger partial charge in [0.05, 0.1) is 6.20 Å². The summed E-state index contributed by atoms with van der Waals surface area (Å²) in [5.74, 6) is -1.20. The van der Waals surface area contributed by atoms with E-state index in [9.17, 15) is 14.7 Å². The molecule has 1 aliphatic rings. The van der Waals surface area contributed by atoms with Crippen molar-refractivity contribution >= 4 is 18.0 Å². The Bertz CT molecular complexity index is 536. The second-order valence-electron chi connectivity index (χ2n) is 5.21. The van der Waals surface area contributed by atoms with Gasteiger partial charge in [-0.2, -0.15) is 5.10 Å². The Morgan fingerprint density at radius 1 is 1.50 bits per heavy atom. The Balaban J connectivity index is 2.10. The number of nitrogens with zero attached hydrogens (tertiary/aromatic N) is 3. The minimum atomic E-state index is -0.930. The molecule has 1 amide bonds. The molecule has 1 aromatic rings. The van der Waals surface area contributed by atoms with Crippen LogP contribution in [0.25, 0.3) is 6.08 Å². The van der Waals surface area contributed by atoms with Crippen molar-refractivity contribution in [2.45, 2.75) is 25.8 Å². The summed E-state index contributed by atoms with van der Waals surface area (Å²) in [4.78, 5) is 25.0. The van der Waals surface area contributed by atoms with Crippen LogP contribution in [0.3, 0.4) is 0 Å². The van der Waals surface area contributed by atoms with E-state index >= 15 is 0 Å². The minimum Gasteiger partial charge on any atom is -0.480 e. The quantitative estimate of drug-likeness (QED) is 0.841. The number of carbonyl (C=O) groups excluding carboxylic acids is 1. The van der Waals surface area contributed by atoms with Crippen LogP contribution >= 0.6 is 0 Å². The molecule has 1 N–H and O–H groups in total. The van der Waals surface area contributed by atoms with Gasteiger partial charge in [0.2, 0.25) is 5.91 Å². The van der Waals surface area contributed by atoms with Gasteiger partial charge in [-0.25, -0.2) is 4.79 Å². The molecule has 6 heteroatoms. The monoisotopic (exact) mass is 277 g/mol. The Hall–Kier alpha value is -2.11. The van der Waals surface area contributed by atoms with Gasteiger partial charge in [-0.1, -0.05) is 6.92 Å². The summed E-state index contributed by atoms with van der Waals surface area (Å²) < 4.78 is 1.65. The normalized spacial score (nSPS) is 23.2. The molecule has 2 heterocycles. The summed E-state index contributed by atoms with van der Waals surface area (Å²) >= 11 is 0. The highest BCUT2D eigenvalue weighted by Crippen LogP contribution is 2.23. The molecule has 0 aliphatic carbocycles. The molecule has 1 aliphatic heterocycles. The van der Waals surface area contributed by atoms with Crippen LogP contribution in [0.15, 0.2) is 18.5 Å². The number of hydrogen-bond donors (Lipinski definition) is 1. The zero-order chi connectivity index (χ0) is 14.7. The molecule has 2 unspecified atom stereocenters. The first-order valence-corrected chi connectivity index (χ1v) is 6.69. The molecule has 0 bridgehead atoms. The number of amides is 1. The van der Waals surface area contributed by atoms with Crippen LogP contribution in [-0.4, -0.2) is 44.3 Å². The van der Waals surface area contributed by atoms with Gasteiger partial charge in [-0.05, 0) is 24.8 Å². The fourth-order valence-electron chi connectivity index (χ4n) is 2.60. The van der Waals surface area contributed by atoms with Crippen molar-refractivity contribution in [3.05, 3.63) is 24.0 Å². The molecule has 2 atom stereocenters. The van der Waals surface area contributed by atoms with Crippen LogP contribution in [0.5, 0.6) is 0 Å². The Labute approximate surface area is 117 Å². The summed E-state index contributed by atoms with van der Waals surface area (Å²) in [5, 5.41) is 13.3. The molecule has 0 radical (unpaired) electrons. The first kappa shape index (κ1) is 14.3. The standard InChI is InChI=1S/C14H19N3O3/c1-10-4-3-7-17(13(10)14(19)20)12(18)6-5-11-8-15-16(2)9-11/h5-6,8-10,13H,3-4,7H2,1-2H3,(H,19,20)/b6-5+. The third-order valence-corrected chi connectivity index (χ3v) is 3.61. The Morgan fingerprint density at radius 3 is 2.85 bits per heavy atom. The molecular weight excluding hydrogens is 258 g/mol. The molecule has 6 nitrogen and oxygen atoms in total. The van der Waals surface area contributed by atoms with Crippen molar-refractivity contribution in [2.24, 2.45) is 13.0 Å². The summed E-state index contributed by atoms with van der Waals surface area (Å²) in [6, 6.07) is -0.727. The fourth-order valence-corrected chi connectivity index (χ4v) is 2.60. The molecule has 2 rings (SSSR count). The predicted octanol–water partition coefficient (Wildman–Crippen LogP) is 1.15. The van der Waals surface area contributed by atoms with E-state index in [2.05, 4.69) is 5.10 Å². The first-order valence-electron chi connectivity index (χ1n) is 6.69. The molecule has 0 aromatic carbocycles. The van der Waals surface area contributed by atoms with E-state index in [1.54, 1.807) is 30.2 Å². The first-order chi connectivity index (χ1) is 9.49. The van der Waals surface area contributed by atoms with Crippen LogP contribution in [-0.2, 0) is 16.6 Å². The zero-order valence-electron chi connectivity index (χ0n) is 11.7. The Kier molecular flexibility index (Phi) is 4.22. The molecular formula is C14H19N3O3. The van der Waals surface area contributed by atoms with Crippen molar-refractivity contribution < 1.29 is 14.7 Å². The molecule has 1 saturated heterocycles. The lowest BCUT2D eigenvalue weighted by atomic mass is 9.90. The van der Waals surface area contributed by atoms with Crippen molar-refractivity contribution in [1.82, 2.24) is 14.7 Å². The van der Waals surface area contributed by atoms with Gasteiger partial charge in [0.25, 0.3) is 0 Å². The highest BCUT2D eigenvalue weighted by Gasteiger charge is 2.36. The SMILES string of the molecule is CC1CCCN(C(=O)/C=C/c2cnn(C)c2)C1C(=O)O. The van der Waals surface area contributed by atoms with Crippen LogP contribution in [0.2, 0.25) is 0 Å². The van der Waals surface area contributed by atoms with Gasteiger partial charge in [-0.15, -0.1) is 0 Å². The van der Waals surface area contributed by atoms with Crippen molar-refractivity contribution in [3.8, 4) is 0 Å². The fraction of sp³-hybridized carbons (Fsp3) is 0.500. The maximum absolute atomic E-state index is 12.2. The average Bonchev–Trinajstić information content (AvgIpc) is 2.81. The highest BCUT2D eigenvalue weighted by atomic mass is 16.4. The highest BCUT2D eigenvalue weighted by molar-refractivity contribution is 5.94. The maximum atomic E-state index is 12.2. The van der Waals surface area contributed by atoms with Crippen LogP contribution in [0.4, 0.5) is 0 Å². The second-order valence-corrected chi connectivity index (χ2v) is 5.21. The largest absolute Gasteiger partial charge is 0.480 e. The molecule has 0 spiro atoms. The third kappa shape index (κ3) is 3.07. The number of likely N-dealkylation sites (tertiary alicyclic amines) is 1. The van der Waals surface area contributed by atoms with E-state index in [0.29, 0.717) is 6.54 Å². The number of rotatable bonds is 3. The van der Waals surface area contributed by atoms with Crippen molar-refractivity contribution in [2.75, 3.05) is 6.54 Å². The van der Waals surface area contributed by atoms with Gasteiger partial charge in [0.15, 0.2) is 0 Å². The number of aromatic nitrogens is 2. The van der Waals surface area contributed by atoms with E-state index in [-0.39, 0.29) is 11.8 Å². The summed E-state index contributed by atoms with van der Waals surface area (Å²) in [7, 11) is 1.80. The lowest BCUT2D eigenvalue weighted by Crippen LogP contribution is -2.51. The van der Waals surface area contributed by atoms with Crippen molar-refractivity contribution in [1.29, 1.82) is 0 Å². The maximum Gasteiger partial charge on any atom is 0.326 e. The van der Waals surface area contributed by atoms with E-state index in [4.69, 9.17) is 0 Å². The third-order valence-electron chi connectivity index (χ3n) is 3.61. The minimum absolute atomic E-state index is 0.0167. The average molecular weight is 277 g/mol. The van der Waals surface area contributed by atoms with Crippen molar-refractivity contribution in [3.63, 3.8) is 0 Å². The molecule has 20 heavy (non-hydrogen) atoms. The second kappa shape index (κ2) is 5.90. The molecule has 108 valence electrons. The summed E-state index contributed by atoms with van der Waals surface area (Å²) in [6.07, 6.45) is 8.21. The number of carboxylic acids is 1. The molecule has 1 fully saturated rings. The van der Waals surface area contributed by atoms with Gasteiger partial charge >= 0.3 is 5.97 Å². The van der Waals surface area contributed by atoms with E-state index in [1.807, 2.05) is 6.92 Å². The number of hydrogen-bond acceptors (Lipinski definition) is 3. The lowest BCUT2D eigenvalue weighted by molar-refractivity contribution is -0.152. The van der Waals surface area contributed by atoms with E-state index < -0.39 is 12.0 Å². The Morgan fingerprint density at radius 2 is 2.25 bits per heavy atom. The predicted molar refractivity (Wildman–Crippen MR) is 73.8 cm³/mol.